The maximum atomic E-state index is 12.1. The summed E-state index contributed by atoms with van der Waals surface area (Å²) in [5.74, 6) is -1.02. The van der Waals surface area contributed by atoms with Crippen LogP contribution in [0.2, 0.25) is 0 Å². The first-order chi connectivity index (χ1) is 7.44. The van der Waals surface area contributed by atoms with E-state index in [4.69, 9.17) is 5.11 Å². The number of hydrogen-bond donors (Lipinski definition) is 1. The topological polar surface area (TPSA) is 54.4 Å². The zero-order valence-electron chi connectivity index (χ0n) is 9.36. The molecule has 0 saturated heterocycles. The number of Topliss-reactive ketones (excluding diaryl/α,β-unsaturated/α-hetero) is 1. The molecule has 0 radical (unpaired) electrons. The van der Waals surface area contributed by atoms with Crippen LogP contribution in [0.15, 0.2) is 24.3 Å². The molecule has 84 valence electrons. The highest BCUT2D eigenvalue weighted by atomic mass is 16.4. The summed E-state index contributed by atoms with van der Waals surface area (Å²) in [7, 11) is 0. The molecule has 0 fully saturated rings. The lowest BCUT2D eigenvalue weighted by atomic mass is 9.77. The standard InChI is InChI=1S/C13H14O3/c1-13(2)10(7-11(14)15)8-5-3-4-6-9(8)12(13)16/h3-6,10H,7H2,1-2H3,(H,14,15). The smallest absolute Gasteiger partial charge is 0.303 e. The third-order valence-electron chi connectivity index (χ3n) is 3.42. The average molecular weight is 218 g/mol. The monoisotopic (exact) mass is 218 g/mol. The molecule has 1 aromatic rings. The first-order valence-electron chi connectivity index (χ1n) is 5.30. The number of hydrogen-bond acceptors (Lipinski definition) is 2. The van der Waals surface area contributed by atoms with Crippen LogP contribution in [0.25, 0.3) is 0 Å². The van der Waals surface area contributed by atoms with Gasteiger partial charge in [-0.1, -0.05) is 38.1 Å². The highest BCUT2D eigenvalue weighted by Gasteiger charge is 2.46. The molecule has 3 nitrogen and oxygen atoms in total. The molecule has 16 heavy (non-hydrogen) atoms. The van der Waals surface area contributed by atoms with Crippen LogP contribution in [-0.4, -0.2) is 16.9 Å². The largest absolute Gasteiger partial charge is 0.481 e. The van der Waals surface area contributed by atoms with Gasteiger partial charge >= 0.3 is 5.97 Å². The Morgan fingerprint density at radius 1 is 1.38 bits per heavy atom. The summed E-state index contributed by atoms with van der Waals surface area (Å²) in [5.41, 5.74) is 0.945. The quantitative estimate of drug-likeness (QED) is 0.829. The van der Waals surface area contributed by atoms with Gasteiger partial charge in [-0.2, -0.15) is 0 Å². The second-order valence-corrected chi connectivity index (χ2v) is 4.79. The molecule has 0 aromatic heterocycles. The summed E-state index contributed by atoms with van der Waals surface area (Å²) < 4.78 is 0. The molecule has 1 atom stereocenters. The van der Waals surface area contributed by atoms with Crippen molar-refractivity contribution in [1.29, 1.82) is 0 Å². The van der Waals surface area contributed by atoms with Gasteiger partial charge in [0, 0.05) is 16.9 Å². The number of carboxylic acids is 1. The minimum Gasteiger partial charge on any atom is -0.481 e. The van der Waals surface area contributed by atoms with Crippen LogP contribution >= 0.6 is 0 Å². The fourth-order valence-corrected chi connectivity index (χ4v) is 2.44. The number of carbonyl (C=O) groups is 2. The van der Waals surface area contributed by atoms with Crippen molar-refractivity contribution in [3.05, 3.63) is 35.4 Å². The molecule has 0 heterocycles. The number of carboxylic acid groups (broad SMARTS) is 1. The molecule has 1 aliphatic rings. The minimum absolute atomic E-state index is 0.00968. The Bertz CT molecular complexity index is 460. The van der Waals surface area contributed by atoms with Crippen molar-refractivity contribution in [2.75, 3.05) is 0 Å². The van der Waals surface area contributed by atoms with E-state index in [2.05, 4.69) is 0 Å². The summed E-state index contributed by atoms with van der Waals surface area (Å²) in [6, 6.07) is 7.30. The molecule has 1 N–H and O–H groups in total. The normalized spacial score (nSPS) is 21.9. The van der Waals surface area contributed by atoms with Gasteiger partial charge in [0.25, 0.3) is 0 Å². The van der Waals surface area contributed by atoms with Gasteiger partial charge in [-0.05, 0) is 5.56 Å². The van der Waals surface area contributed by atoms with E-state index in [1.54, 1.807) is 6.07 Å². The summed E-state index contributed by atoms with van der Waals surface area (Å²) in [6.07, 6.45) is 0.00968. The van der Waals surface area contributed by atoms with Crippen LogP contribution < -0.4 is 0 Å². The van der Waals surface area contributed by atoms with E-state index in [1.165, 1.54) is 0 Å². The first kappa shape index (κ1) is 10.9. The van der Waals surface area contributed by atoms with Crippen molar-refractivity contribution in [3.8, 4) is 0 Å². The second kappa shape index (κ2) is 3.44. The zero-order valence-corrected chi connectivity index (χ0v) is 9.36. The first-order valence-corrected chi connectivity index (χ1v) is 5.30. The Hall–Kier alpha value is -1.64. The molecule has 0 bridgehead atoms. The maximum absolute atomic E-state index is 12.1. The van der Waals surface area contributed by atoms with Gasteiger partial charge in [0.15, 0.2) is 5.78 Å². The van der Waals surface area contributed by atoms with Gasteiger partial charge in [0.2, 0.25) is 0 Å². The Balaban J connectivity index is 2.51. The Labute approximate surface area is 94.1 Å². The maximum Gasteiger partial charge on any atom is 0.303 e. The molecule has 3 heteroatoms. The van der Waals surface area contributed by atoms with Crippen molar-refractivity contribution in [1.82, 2.24) is 0 Å². The third kappa shape index (κ3) is 1.43. The van der Waals surface area contributed by atoms with Gasteiger partial charge in [0.1, 0.15) is 0 Å². The Morgan fingerprint density at radius 2 is 2.00 bits per heavy atom. The molecule has 1 unspecified atom stereocenters. The summed E-state index contributed by atoms with van der Waals surface area (Å²) in [4.78, 5) is 23.0. The second-order valence-electron chi connectivity index (χ2n) is 4.79. The average Bonchev–Trinajstić information content (AvgIpc) is 2.40. The molecule has 0 aliphatic heterocycles. The van der Waals surface area contributed by atoms with E-state index in [0.717, 1.165) is 5.56 Å². The van der Waals surface area contributed by atoms with Crippen molar-refractivity contribution in [2.45, 2.75) is 26.2 Å². The molecular formula is C13H14O3. The highest BCUT2D eigenvalue weighted by Crippen LogP contribution is 2.48. The van der Waals surface area contributed by atoms with Crippen molar-refractivity contribution in [3.63, 3.8) is 0 Å². The predicted molar refractivity (Wildman–Crippen MR) is 59.5 cm³/mol. The molecule has 0 saturated carbocycles. The minimum atomic E-state index is -0.859. The van der Waals surface area contributed by atoms with Gasteiger partial charge < -0.3 is 5.11 Å². The third-order valence-corrected chi connectivity index (χ3v) is 3.42. The van der Waals surface area contributed by atoms with Crippen LogP contribution in [0.3, 0.4) is 0 Å². The van der Waals surface area contributed by atoms with Crippen LogP contribution in [0.5, 0.6) is 0 Å². The van der Waals surface area contributed by atoms with E-state index in [1.807, 2.05) is 32.0 Å². The lowest BCUT2D eigenvalue weighted by Gasteiger charge is -2.24. The summed E-state index contributed by atoms with van der Waals surface area (Å²) in [6.45, 7) is 3.64. The Morgan fingerprint density at radius 3 is 2.62 bits per heavy atom. The molecule has 0 amide bonds. The number of rotatable bonds is 2. The van der Waals surface area contributed by atoms with Gasteiger partial charge in [0.05, 0.1) is 6.42 Å². The predicted octanol–water partition coefficient (Wildman–Crippen LogP) is 2.47. The fraction of sp³-hybridized carbons (Fsp3) is 0.385. The number of carbonyl (C=O) groups excluding carboxylic acids is 1. The lowest BCUT2D eigenvalue weighted by molar-refractivity contribution is -0.137. The molecule has 1 aliphatic carbocycles. The zero-order chi connectivity index (χ0) is 11.9. The van der Waals surface area contributed by atoms with Crippen molar-refractivity contribution in [2.24, 2.45) is 5.41 Å². The van der Waals surface area contributed by atoms with Crippen LogP contribution in [-0.2, 0) is 4.79 Å². The molecular weight excluding hydrogens is 204 g/mol. The number of aliphatic carboxylic acids is 1. The SMILES string of the molecule is CC1(C)C(=O)c2ccccc2C1CC(=O)O. The highest BCUT2D eigenvalue weighted by molar-refractivity contribution is 6.05. The van der Waals surface area contributed by atoms with E-state index >= 15 is 0 Å². The lowest BCUT2D eigenvalue weighted by Crippen LogP contribution is -2.25. The number of fused-ring (bicyclic) bond motifs is 1. The van der Waals surface area contributed by atoms with Gasteiger partial charge in [-0.15, -0.1) is 0 Å². The Kier molecular flexibility index (Phi) is 2.34. The van der Waals surface area contributed by atoms with E-state index in [-0.39, 0.29) is 18.1 Å². The van der Waals surface area contributed by atoms with E-state index < -0.39 is 11.4 Å². The van der Waals surface area contributed by atoms with Crippen LogP contribution in [0.1, 0.15) is 42.1 Å². The van der Waals surface area contributed by atoms with E-state index in [9.17, 15) is 9.59 Å². The number of benzene rings is 1. The summed E-state index contributed by atoms with van der Waals surface area (Å²) in [5, 5.41) is 8.91. The van der Waals surface area contributed by atoms with Gasteiger partial charge in [-0.3, -0.25) is 9.59 Å². The van der Waals surface area contributed by atoms with Crippen LogP contribution in [0.4, 0.5) is 0 Å². The van der Waals surface area contributed by atoms with Crippen molar-refractivity contribution < 1.29 is 14.7 Å². The van der Waals surface area contributed by atoms with Crippen molar-refractivity contribution >= 4 is 11.8 Å². The molecule has 2 rings (SSSR count). The van der Waals surface area contributed by atoms with Crippen LogP contribution in [0, 0.1) is 5.41 Å². The van der Waals surface area contributed by atoms with Gasteiger partial charge in [-0.25, -0.2) is 0 Å². The fourth-order valence-electron chi connectivity index (χ4n) is 2.44. The number of ketones is 1. The molecule has 0 spiro atoms. The molecule has 1 aromatic carbocycles. The summed E-state index contributed by atoms with van der Waals surface area (Å²) >= 11 is 0. The van der Waals surface area contributed by atoms with E-state index in [0.29, 0.717) is 5.56 Å².